The third-order valence-corrected chi connectivity index (χ3v) is 4.22. The second-order valence-corrected chi connectivity index (χ2v) is 5.82. The van der Waals surface area contributed by atoms with Crippen LogP contribution >= 0.6 is 15.9 Å². The summed E-state index contributed by atoms with van der Waals surface area (Å²) < 4.78 is 1.08. The molecule has 0 aliphatic carbocycles. The maximum atomic E-state index is 4.51. The van der Waals surface area contributed by atoms with E-state index in [0.29, 0.717) is 0 Å². The van der Waals surface area contributed by atoms with Crippen LogP contribution in [0.2, 0.25) is 0 Å². The SMILES string of the molecule is C[C@H](NCc1ccc(Br)c2cccnc12)c1ccccn1. The van der Waals surface area contributed by atoms with Gasteiger partial charge in [-0.1, -0.05) is 34.1 Å². The summed E-state index contributed by atoms with van der Waals surface area (Å²) in [5.74, 6) is 0. The fourth-order valence-electron chi connectivity index (χ4n) is 2.34. The number of nitrogens with one attached hydrogen (secondary N) is 1. The van der Waals surface area contributed by atoms with Crippen molar-refractivity contribution < 1.29 is 0 Å². The summed E-state index contributed by atoms with van der Waals surface area (Å²) in [6.45, 7) is 2.88. The van der Waals surface area contributed by atoms with Crippen molar-refractivity contribution in [3.8, 4) is 0 Å². The number of pyridine rings is 2. The molecule has 4 heteroatoms. The van der Waals surface area contributed by atoms with Gasteiger partial charge in [0.2, 0.25) is 0 Å². The van der Waals surface area contributed by atoms with Gasteiger partial charge in [0.15, 0.2) is 0 Å². The number of fused-ring (bicyclic) bond motifs is 1. The molecule has 0 fully saturated rings. The first-order valence-corrected chi connectivity index (χ1v) is 7.71. The fraction of sp³-hybridized carbons (Fsp3) is 0.176. The lowest BCUT2D eigenvalue weighted by atomic mass is 10.1. The van der Waals surface area contributed by atoms with Crippen molar-refractivity contribution in [1.29, 1.82) is 0 Å². The number of nitrogens with zero attached hydrogens (tertiary/aromatic N) is 2. The third-order valence-electron chi connectivity index (χ3n) is 3.53. The zero-order chi connectivity index (χ0) is 14.7. The molecule has 21 heavy (non-hydrogen) atoms. The number of rotatable bonds is 4. The highest BCUT2D eigenvalue weighted by molar-refractivity contribution is 9.10. The Kier molecular flexibility index (Phi) is 4.27. The molecule has 0 radical (unpaired) electrons. The van der Waals surface area contributed by atoms with Crippen LogP contribution in [-0.2, 0) is 6.54 Å². The smallest absolute Gasteiger partial charge is 0.0758 e. The van der Waals surface area contributed by atoms with E-state index in [9.17, 15) is 0 Å². The van der Waals surface area contributed by atoms with Crippen LogP contribution in [0.4, 0.5) is 0 Å². The molecular weight excluding hydrogens is 326 g/mol. The van der Waals surface area contributed by atoms with Crippen LogP contribution in [0.15, 0.2) is 59.3 Å². The van der Waals surface area contributed by atoms with Gasteiger partial charge in [0.1, 0.15) is 0 Å². The predicted octanol–water partition coefficient (Wildman–Crippen LogP) is 4.24. The van der Waals surface area contributed by atoms with Crippen LogP contribution in [0.1, 0.15) is 24.2 Å². The van der Waals surface area contributed by atoms with E-state index in [0.717, 1.165) is 27.6 Å². The van der Waals surface area contributed by atoms with Crippen molar-refractivity contribution in [1.82, 2.24) is 15.3 Å². The van der Waals surface area contributed by atoms with Crippen molar-refractivity contribution in [2.24, 2.45) is 0 Å². The minimum atomic E-state index is 0.202. The van der Waals surface area contributed by atoms with Gasteiger partial charge < -0.3 is 5.32 Å². The zero-order valence-corrected chi connectivity index (χ0v) is 13.3. The first kappa shape index (κ1) is 14.2. The van der Waals surface area contributed by atoms with E-state index in [1.54, 1.807) is 0 Å². The molecule has 2 aromatic heterocycles. The summed E-state index contributed by atoms with van der Waals surface area (Å²) in [4.78, 5) is 8.89. The molecule has 0 bridgehead atoms. The second kappa shape index (κ2) is 6.33. The molecule has 0 aliphatic rings. The zero-order valence-electron chi connectivity index (χ0n) is 11.8. The Morgan fingerprint density at radius 3 is 2.71 bits per heavy atom. The molecular formula is C17H16BrN3. The highest BCUT2D eigenvalue weighted by atomic mass is 79.9. The molecule has 0 saturated heterocycles. The minimum Gasteiger partial charge on any atom is -0.305 e. The number of halogens is 1. The molecule has 0 amide bonds. The Hall–Kier alpha value is -1.78. The van der Waals surface area contributed by atoms with Crippen molar-refractivity contribution in [3.63, 3.8) is 0 Å². The van der Waals surface area contributed by atoms with Gasteiger partial charge in [-0.15, -0.1) is 0 Å². The Bertz CT molecular complexity index is 743. The highest BCUT2D eigenvalue weighted by Gasteiger charge is 2.09. The fourth-order valence-corrected chi connectivity index (χ4v) is 2.79. The van der Waals surface area contributed by atoms with Crippen LogP contribution in [0.25, 0.3) is 10.9 Å². The molecule has 106 valence electrons. The molecule has 3 aromatic rings. The van der Waals surface area contributed by atoms with Crippen molar-refractivity contribution in [2.45, 2.75) is 19.5 Å². The normalized spacial score (nSPS) is 12.5. The maximum Gasteiger partial charge on any atom is 0.0758 e. The summed E-state index contributed by atoms with van der Waals surface area (Å²) in [6, 6.07) is 14.4. The Morgan fingerprint density at radius 2 is 1.90 bits per heavy atom. The lowest BCUT2D eigenvalue weighted by Crippen LogP contribution is -2.19. The van der Waals surface area contributed by atoms with Crippen LogP contribution in [0, 0.1) is 0 Å². The molecule has 1 N–H and O–H groups in total. The van der Waals surface area contributed by atoms with E-state index < -0.39 is 0 Å². The standard InChI is InChI=1S/C17H16BrN3/c1-12(16-6-2-3-9-19-16)21-11-13-7-8-15(18)14-5-4-10-20-17(13)14/h2-10,12,21H,11H2,1H3/t12-/m0/s1. The average molecular weight is 342 g/mol. The van der Waals surface area contributed by atoms with Gasteiger partial charge >= 0.3 is 0 Å². The van der Waals surface area contributed by atoms with Crippen LogP contribution in [-0.4, -0.2) is 9.97 Å². The molecule has 3 rings (SSSR count). The van der Waals surface area contributed by atoms with Crippen molar-refractivity contribution >= 4 is 26.8 Å². The lowest BCUT2D eigenvalue weighted by Gasteiger charge is -2.14. The molecule has 1 atom stereocenters. The second-order valence-electron chi connectivity index (χ2n) is 4.96. The number of aromatic nitrogens is 2. The summed E-state index contributed by atoms with van der Waals surface area (Å²) in [5, 5.41) is 4.65. The van der Waals surface area contributed by atoms with Crippen LogP contribution < -0.4 is 5.32 Å². The monoisotopic (exact) mass is 341 g/mol. The van der Waals surface area contributed by atoms with Crippen LogP contribution in [0.5, 0.6) is 0 Å². The summed E-state index contributed by atoms with van der Waals surface area (Å²) >= 11 is 3.58. The molecule has 1 aromatic carbocycles. The number of benzene rings is 1. The Balaban J connectivity index is 1.81. The molecule has 3 nitrogen and oxygen atoms in total. The third kappa shape index (κ3) is 3.12. The molecule has 0 unspecified atom stereocenters. The van der Waals surface area contributed by atoms with Gasteiger partial charge in [-0.05, 0) is 36.8 Å². The van der Waals surface area contributed by atoms with E-state index in [1.807, 2.05) is 36.7 Å². The average Bonchev–Trinajstić information content (AvgIpc) is 2.55. The van der Waals surface area contributed by atoms with Gasteiger partial charge in [0.05, 0.1) is 11.2 Å². The lowest BCUT2D eigenvalue weighted by molar-refractivity contribution is 0.563. The number of hydrogen-bond donors (Lipinski definition) is 1. The minimum absolute atomic E-state index is 0.202. The number of hydrogen-bond acceptors (Lipinski definition) is 3. The molecule has 0 saturated carbocycles. The largest absolute Gasteiger partial charge is 0.305 e. The van der Waals surface area contributed by atoms with E-state index >= 15 is 0 Å². The Labute approximate surface area is 132 Å². The van der Waals surface area contributed by atoms with E-state index in [4.69, 9.17) is 0 Å². The first-order valence-electron chi connectivity index (χ1n) is 6.92. The van der Waals surface area contributed by atoms with Gasteiger partial charge in [-0.2, -0.15) is 0 Å². The molecule has 0 spiro atoms. The predicted molar refractivity (Wildman–Crippen MR) is 88.9 cm³/mol. The van der Waals surface area contributed by atoms with E-state index in [-0.39, 0.29) is 6.04 Å². The maximum absolute atomic E-state index is 4.51. The summed E-state index contributed by atoms with van der Waals surface area (Å²) in [6.07, 6.45) is 3.66. The Morgan fingerprint density at radius 1 is 1.05 bits per heavy atom. The van der Waals surface area contributed by atoms with E-state index in [2.05, 4.69) is 56.3 Å². The van der Waals surface area contributed by atoms with Crippen molar-refractivity contribution in [3.05, 3.63) is 70.6 Å². The first-order chi connectivity index (χ1) is 10.3. The van der Waals surface area contributed by atoms with E-state index in [1.165, 1.54) is 5.56 Å². The van der Waals surface area contributed by atoms with Gasteiger partial charge in [-0.3, -0.25) is 9.97 Å². The van der Waals surface area contributed by atoms with Crippen LogP contribution in [0.3, 0.4) is 0 Å². The highest BCUT2D eigenvalue weighted by Crippen LogP contribution is 2.25. The summed E-state index contributed by atoms with van der Waals surface area (Å²) in [5.41, 5.74) is 3.27. The summed E-state index contributed by atoms with van der Waals surface area (Å²) in [7, 11) is 0. The van der Waals surface area contributed by atoms with Gasteiger partial charge in [-0.25, -0.2) is 0 Å². The van der Waals surface area contributed by atoms with Gasteiger partial charge in [0.25, 0.3) is 0 Å². The van der Waals surface area contributed by atoms with Crippen molar-refractivity contribution in [2.75, 3.05) is 0 Å². The molecule has 2 heterocycles. The van der Waals surface area contributed by atoms with Gasteiger partial charge in [0, 0.05) is 34.8 Å². The quantitative estimate of drug-likeness (QED) is 0.771. The topological polar surface area (TPSA) is 37.8 Å². The molecule has 0 aliphatic heterocycles.